The standard InChI is InChI=1S/C15H22N2.C11H10ClF3N2.C3H8/c1-6-7-11-10(2)8-13-12(9-16-17-13)14(11)15(3,4)5;1-6-7(2-3-11(13,14)15)9(12)4-10-8(6)5-16-17-10;1-3-2/h8-9H,6-7H2,1-5H3,(H,16,17);4-5H,2-3H2,1H3,(H,16,17);3H2,1-2H3. The number of H-pyrrole nitrogens is 2. The number of fused-ring (bicyclic) bond motifs is 2. The van der Waals surface area contributed by atoms with Crippen molar-refractivity contribution in [3.63, 3.8) is 0 Å². The number of aromatic amines is 2. The first kappa shape index (κ1) is 30.7. The van der Waals surface area contributed by atoms with Crippen molar-refractivity contribution >= 4 is 33.4 Å². The Labute approximate surface area is 223 Å². The van der Waals surface area contributed by atoms with Gasteiger partial charge in [-0.25, -0.2) is 0 Å². The van der Waals surface area contributed by atoms with Gasteiger partial charge in [0.2, 0.25) is 0 Å². The monoisotopic (exact) mass is 536 g/mol. The molecule has 0 amide bonds. The molecule has 4 rings (SSSR count). The number of halogens is 4. The van der Waals surface area contributed by atoms with Crippen LogP contribution in [0.1, 0.15) is 88.6 Å². The van der Waals surface area contributed by atoms with Gasteiger partial charge in [-0.1, -0.05) is 66.0 Å². The van der Waals surface area contributed by atoms with Crippen molar-refractivity contribution in [2.75, 3.05) is 0 Å². The SMILES string of the molecule is CCC.CCCc1c(C)cc2[nH]ncc2c1C(C)(C)C.Cc1c(CCC(F)(F)F)c(Cl)cc2[nH]ncc12. The molecule has 0 aliphatic rings. The number of nitrogens with one attached hydrogen (secondary N) is 2. The highest BCUT2D eigenvalue weighted by Gasteiger charge is 2.27. The van der Waals surface area contributed by atoms with Crippen molar-refractivity contribution in [1.82, 2.24) is 20.4 Å². The number of nitrogens with zero attached hydrogens (tertiary/aromatic N) is 2. The Balaban J connectivity index is 0.000000235. The molecule has 0 atom stereocenters. The van der Waals surface area contributed by atoms with Crippen LogP contribution in [0, 0.1) is 13.8 Å². The van der Waals surface area contributed by atoms with E-state index in [1.165, 1.54) is 34.9 Å². The highest BCUT2D eigenvalue weighted by molar-refractivity contribution is 6.32. The summed E-state index contributed by atoms with van der Waals surface area (Å²) in [6, 6.07) is 3.84. The molecule has 204 valence electrons. The second kappa shape index (κ2) is 12.8. The predicted molar refractivity (Wildman–Crippen MR) is 150 cm³/mol. The average Bonchev–Trinajstić information content (AvgIpc) is 3.42. The van der Waals surface area contributed by atoms with Gasteiger partial charge in [0.1, 0.15) is 0 Å². The van der Waals surface area contributed by atoms with E-state index < -0.39 is 12.6 Å². The molecule has 0 saturated heterocycles. The molecule has 8 heteroatoms. The third-order valence-electron chi connectivity index (χ3n) is 6.07. The Hall–Kier alpha value is -2.54. The van der Waals surface area contributed by atoms with Crippen LogP contribution in [0.25, 0.3) is 21.8 Å². The van der Waals surface area contributed by atoms with E-state index in [0.29, 0.717) is 10.6 Å². The summed E-state index contributed by atoms with van der Waals surface area (Å²) in [5.41, 5.74) is 7.71. The number of benzene rings is 2. The summed E-state index contributed by atoms with van der Waals surface area (Å²) in [7, 11) is 0. The van der Waals surface area contributed by atoms with Crippen molar-refractivity contribution in [2.24, 2.45) is 0 Å². The Kier molecular flexibility index (Phi) is 10.6. The molecule has 0 fully saturated rings. The van der Waals surface area contributed by atoms with Gasteiger partial charge >= 0.3 is 6.18 Å². The summed E-state index contributed by atoms with van der Waals surface area (Å²) < 4.78 is 36.6. The third-order valence-corrected chi connectivity index (χ3v) is 6.41. The number of hydrogen-bond acceptors (Lipinski definition) is 2. The summed E-state index contributed by atoms with van der Waals surface area (Å²) in [5, 5.41) is 16.3. The Bertz CT molecular complexity index is 1300. The van der Waals surface area contributed by atoms with E-state index in [4.69, 9.17) is 11.6 Å². The van der Waals surface area contributed by atoms with Crippen LogP contribution in [0.15, 0.2) is 24.5 Å². The van der Waals surface area contributed by atoms with Crippen LogP contribution >= 0.6 is 11.6 Å². The van der Waals surface area contributed by atoms with E-state index in [0.717, 1.165) is 28.4 Å². The maximum absolute atomic E-state index is 12.2. The normalized spacial score (nSPS) is 11.8. The molecule has 0 bridgehead atoms. The van der Waals surface area contributed by atoms with Gasteiger partial charge in [0.25, 0.3) is 0 Å². The largest absolute Gasteiger partial charge is 0.389 e. The second-order valence-electron chi connectivity index (χ2n) is 10.5. The van der Waals surface area contributed by atoms with Gasteiger partial charge in [-0.05, 0) is 72.1 Å². The topological polar surface area (TPSA) is 57.4 Å². The first-order valence-electron chi connectivity index (χ1n) is 12.9. The third kappa shape index (κ3) is 7.97. The lowest BCUT2D eigenvalue weighted by molar-refractivity contribution is -0.134. The Morgan fingerprint density at radius 2 is 1.38 bits per heavy atom. The van der Waals surface area contributed by atoms with Gasteiger partial charge in [-0.15, -0.1) is 0 Å². The molecule has 4 nitrogen and oxygen atoms in total. The van der Waals surface area contributed by atoms with Crippen molar-refractivity contribution < 1.29 is 13.2 Å². The molecule has 4 aromatic rings. The Morgan fingerprint density at radius 3 is 1.89 bits per heavy atom. The first-order valence-corrected chi connectivity index (χ1v) is 13.3. The lowest BCUT2D eigenvalue weighted by Gasteiger charge is -2.25. The van der Waals surface area contributed by atoms with E-state index in [-0.39, 0.29) is 11.8 Å². The molecule has 0 aliphatic carbocycles. The molecular formula is C29H40ClF3N4. The fraction of sp³-hybridized carbons (Fsp3) is 0.517. The highest BCUT2D eigenvalue weighted by Crippen LogP contribution is 2.35. The molecular weight excluding hydrogens is 497 g/mol. The summed E-state index contributed by atoms with van der Waals surface area (Å²) in [5.74, 6) is 0. The summed E-state index contributed by atoms with van der Waals surface area (Å²) in [4.78, 5) is 0. The predicted octanol–water partition coefficient (Wildman–Crippen LogP) is 9.56. The minimum absolute atomic E-state index is 0.102. The molecule has 2 aromatic heterocycles. The smallest absolute Gasteiger partial charge is 0.278 e. The minimum atomic E-state index is -4.17. The lowest BCUT2D eigenvalue weighted by atomic mass is 9.79. The van der Waals surface area contributed by atoms with E-state index >= 15 is 0 Å². The van der Waals surface area contributed by atoms with Crippen LogP contribution < -0.4 is 0 Å². The van der Waals surface area contributed by atoms with E-state index in [2.05, 4.69) is 74.9 Å². The number of aromatic nitrogens is 4. The van der Waals surface area contributed by atoms with Crippen LogP contribution in [0.5, 0.6) is 0 Å². The zero-order valence-corrected chi connectivity index (χ0v) is 24.0. The number of rotatable bonds is 4. The van der Waals surface area contributed by atoms with Gasteiger partial charge in [-0.2, -0.15) is 23.4 Å². The van der Waals surface area contributed by atoms with Gasteiger partial charge in [-0.3, -0.25) is 10.2 Å². The zero-order valence-electron chi connectivity index (χ0n) is 23.3. The van der Waals surface area contributed by atoms with Crippen molar-refractivity contribution in [3.8, 4) is 0 Å². The van der Waals surface area contributed by atoms with Crippen LogP contribution in [0.2, 0.25) is 5.02 Å². The average molecular weight is 537 g/mol. The molecule has 0 saturated carbocycles. The van der Waals surface area contributed by atoms with Gasteiger partial charge in [0.15, 0.2) is 0 Å². The van der Waals surface area contributed by atoms with Crippen molar-refractivity contribution in [3.05, 3.63) is 57.4 Å². The molecule has 0 unspecified atom stereocenters. The summed E-state index contributed by atoms with van der Waals surface area (Å²) in [6.07, 6.45) is 2.02. The lowest BCUT2D eigenvalue weighted by Crippen LogP contribution is -2.16. The van der Waals surface area contributed by atoms with Crippen LogP contribution in [0.3, 0.4) is 0 Å². The zero-order chi connectivity index (χ0) is 28.0. The fourth-order valence-corrected chi connectivity index (χ4v) is 4.88. The molecule has 2 heterocycles. The molecule has 0 spiro atoms. The summed E-state index contributed by atoms with van der Waals surface area (Å²) >= 11 is 5.98. The minimum Gasteiger partial charge on any atom is -0.278 e. The maximum atomic E-state index is 12.2. The first-order chi connectivity index (χ1) is 17.2. The number of hydrogen-bond donors (Lipinski definition) is 2. The van der Waals surface area contributed by atoms with Crippen LogP contribution in [0.4, 0.5) is 13.2 Å². The Morgan fingerprint density at radius 1 is 0.838 bits per heavy atom. The fourth-order valence-electron chi connectivity index (χ4n) is 4.53. The maximum Gasteiger partial charge on any atom is 0.389 e. The van der Waals surface area contributed by atoms with Gasteiger partial charge < -0.3 is 0 Å². The van der Waals surface area contributed by atoms with Crippen molar-refractivity contribution in [2.45, 2.75) is 99.1 Å². The van der Waals surface area contributed by atoms with Gasteiger partial charge in [0.05, 0.1) is 23.4 Å². The summed E-state index contributed by atoms with van der Waals surface area (Å²) in [6.45, 7) is 17.3. The number of alkyl halides is 3. The van der Waals surface area contributed by atoms with E-state index in [9.17, 15) is 13.2 Å². The van der Waals surface area contributed by atoms with Crippen molar-refractivity contribution in [1.29, 1.82) is 0 Å². The van der Waals surface area contributed by atoms with Gasteiger partial charge in [0, 0.05) is 22.2 Å². The highest BCUT2D eigenvalue weighted by atomic mass is 35.5. The van der Waals surface area contributed by atoms with Crippen LogP contribution in [-0.4, -0.2) is 26.6 Å². The molecule has 0 radical (unpaired) electrons. The molecule has 37 heavy (non-hydrogen) atoms. The molecule has 0 aliphatic heterocycles. The molecule has 2 N–H and O–H groups in total. The van der Waals surface area contributed by atoms with E-state index in [1.807, 2.05) is 6.20 Å². The molecule has 2 aromatic carbocycles. The quantitative estimate of drug-likeness (QED) is 0.273. The second-order valence-corrected chi connectivity index (χ2v) is 10.9. The van der Waals surface area contributed by atoms with E-state index in [1.54, 1.807) is 19.2 Å². The number of aryl methyl sites for hydroxylation is 2. The van der Waals surface area contributed by atoms with Crippen LogP contribution in [-0.2, 0) is 18.3 Å².